The van der Waals surface area contributed by atoms with Crippen LogP contribution >= 0.6 is 23.1 Å². The summed E-state index contributed by atoms with van der Waals surface area (Å²) in [6, 6.07) is 5.13. The molecule has 19 heavy (non-hydrogen) atoms. The molecule has 1 aliphatic rings. The second-order valence-corrected chi connectivity index (χ2v) is 8.20. The van der Waals surface area contributed by atoms with E-state index in [-0.39, 0.29) is 0 Å². The molecule has 0 saturated heterocycles. The smallest absolute Gasteiger partial charge is 0.0506 e. The van der Waals surface area contributed by atoms with E-state index in [0.29, 0.717) is 6.04 Å². The fourth-order valence-electron chi connectivity index (χ4n) is 2.67. The van der Waals surface area contributed by atoms with Crippen molar-refractivity contribution in [2.75, 3.05) is 12.3 Å². The van der Waals surface area contributed by atoms with Gasteiger partial charge in [0.1, 0.15) is 0 Å². The van der Waals surface area contributed by atoms with Crippen LogP contribution in [0.25, 0.3) is 0 Å². The molecule has 2 rings (SSSR count). The molecule has 0 aromatic carbocycles. The average Bonchev–Trinajstić information content (AvgIpc) is 2.86. The first-order valence-corrected chi connectivity index (χ1v) is 9.57. The fourth-order valence-corrected chi connectivity index (χ4v) is 5.15. The molecule has 1 saturated carbocycles. The fraction of sp³-hybridized carbons (Fsp3) is 0.750. The van der Waals surface area contributed by atoms with Gasteiger partial charge in [0.25, 0.3) is 0 Å². The Hall–Kier alpha value is 0.01000. The van der Waals surface area contributed by atoms with Gasteiger partial charge in [0.15, 0.2) is 0 Å². The van der Waals surface area contributed by atoms with Gasteiger partial charge in [-0.3, -0.25) is 0 Å². The molecule has 1 aliphatic carbocycles. The van der Waals surface area contributed by atoms with Crippen molar-refractivity contribution in [1.82, 2.24) is 5.32 Å². The van der Waals surface area contributed by atoms with Crippen LogP contribution in [0.5, 0.6) is 0 Å². The molecule has 1 N–H and O–H groups in total. The molecule has 0 radical (unpaired) electrons. The summed E-state index contributed by atoms with van der Waals surface area (Å²) in [5.41, 5.74) is 0. The van der Waals surface area contributed by atoms with E-state index in [1.54, 1.807) is 0 Å². The van der Waals surface area contributed by atoms with Gasteiger partial charge in [0.05, 0.1) is 6.04 Å². The molecule has 0 aliphatic heterocycles. The van der Waals surface area contributed by atoms with Crippen molar-refractivity contribution in [3.63, 3.8) is 0 Å². The molecule has 1 aromatic heterocycles. The van der Waals surface area contributed by atoms with Crippen molar-refractivity contribution in [3.8, 4) is 0 Å². The van der Waals surface area contributed by atoms with Crippen LogP contribution < -0.4 is 5.32 Å². The third kappa shape index (κ3) is 5.13. The Balaban J connectivity index is 1.86. The van der Waals surface area contributed by atoms with Crippen molar-refractivity contribution in [2.45, 2.75) is 63.7 Å². The van der Waals surface area contributed by atoms with Gasteiger partial charge in [0.2, 0.25) is 0 Å². The van der Waals surface area contributed by atoms with Crippen LogP contribution in [0.15, 0.2) is 12.1 Å². The number of thiophene rings is 1. The molecule has 1 atom stereocenters. The van der Waals surface area contributed by atoms with Crippen molar-refractivity contribution in [1.29, 1.82) is 0 Å². The molecule has 0 amide bonds. The molecule has 3 heteroatoms. The first-order chi connectivity index (χ1) is 9.29. The van der Waals surface area contributed by atoms with Gasteiger partial charge in [0, 0.05) is 20.8 Å². The largest absolute Gasteiger partial charge is 0.309 e. The number of rotatable bonds is 7. The Morgan fingerprint density at radius 2 is 2.11 bits per heavy atom. The van der Waals surface area contributed by atoms with Crippen LogP contribution in [0.4, 0.5) is 0 Å². The normalized spacial score (nSPS) is 18.6. The summed E-state index contributed by atoms with van der Waals surface area (Å²) in [5, 5.41) is 4.65. The molecule has 1 fully saturated rings. The van der Waals surface area contributed by atoms with Gasteiger partial charge in [-0.1, -0.05) is 26.2 Å². The highest BCUT2D eigenvalue weighted by Crippen LogP contribution is 2.32. The molecule has 0 spiro atoms. The Bertz CT molecular complexity index is 355. The minimum Gasteiger partial charge on any atom is -0.309 e. The first-order valence-electron chi connectivity index (χ1n) is 7.71. The topological polar surface area (TPSA) is 12.0 Å². The van der Waals surface area contributed by atoms with Gasteiger partial charge in [-0.15, -0.1) is 11.3 Å². The van der Waals surface area contributed by atoms with E-state index < -0.39 is 0 Å². The lowest BCUT2D eigenvalue weighted by Gasteiger charge is -2.24. The second-order valence-electron chi connectivity index (χ2n) is 5.55. The maximum absolute atomic E-state index is 3.73. The van der Waals surface area contributed by atoms with Gasteiger partial charge >= 0.3 is 0 Å². The third-order valence-corrected chi connectivity index (χ3v) is 6.38. The first kappa shape index (κ1) is 15.4. The summed E-state index contributed by atoms with van der Waals surface area (Å²) in [6.45, 7) is 5.59. The zero-order chi connectivity index (χ0) is 13.5. The monoisotopic (exact) mass is 297 g/mol. The quantitative estimate of drug-likeness (QED) is 0.745. The van der Waals surface area contributed by atoms with E-state index >= 15 is 0 Å². The van der Waals surface area contributed by atoms with E-state index in [1.165, 1.54) is 54.0 Å². The van der Waals surface area contributed by atoms with Crippen molar-refractivity contribution < 1.29 is 0 Å². The minimum atomic E-state index is 0.561. The number of hydrogen-bond acceptors (Lipinski definition) is 3. The SMILES string of the molecule is CCCNC(CSC1CCCCC1)c1ccc(C)s1. The molecule has 1 aromatic rings. The lowest BCUT2D eigenvalue weighted by atomic mass is 10.0. The second kappa shape index (κ2) is 8.33. The Kier molecular flexibility index (Phi) is 6.75. The zero-order valence-corrected chi connectivity index (χ0v) is 13.9. The average molecular weight is 298 g/mol. The Labute approximate surface area is 126 Å². The predicted molar refractivity (Wildman–Crippen MR) is 89.4 cm³/mol. The van der Waals surface area contributed by atoms with Crippen molar-refractivity contribution in [3.05, 3.63) is 21.9 Å². The maximum atomic E-state index is 3.73. The third-order valence-electron chi connectivity index (χ3n) is 3.80. The maximum Gasteiger partial charge on any atom is 0.0506 e. The lowest BCUT2D eigenvalue weighted by Crippen LogP contribution is -2.24. The van der Waals surface area contributed by atoms with E-state index in [2.05, 4.69) is 43.1 Å². The molecular weight excluding hydrogens is 270 g/mol. The molecule has 108 valence electrons. The summed E-state index contributed by atoms with van der Waals surface area (Å²) in [4.78, 5) is 2.95. The van der Waals surface area contributed by atoms with Crippen LogP contribution in [0.2, 0.25) is 0 Å². The summed E-state index contributed by atoms with van der Waals surface area (Å²) >= 11 is 4.16. The van der Waals surface area contributed by atoms with E-state index in [4.69, 9.17) is 0 Å². The highest BCUT2D eigenvalue weighted by atomic mass is 32.2. The molecular formula is C16H27NS2. The number of aryl methyl sites for hydroxylation is 1. The number of hydrogen-bond donors (Lipinski definition) is 1. The van der Waals surface area contributed by atoms with Gasteiger partial charge < -0.3 is 5.32 Å². The lowest BCUT2D eigenvalue weighted by molar-refractivity contribution is 0.513. The highest BCUT2D eigenvalue weighted by molar-refractivity contribution is 7.99. The van der Waals surface area contributed by atoms with E-state index in [1.807, 2.05) is 11.3 Å². The molecule has 0 bridgehead atoms. The highest BCUT2D eigenvalue weighted by Gasteiger charge is 2.18. The summed E-state index contributed by atoms with van der Waals surface area (Å²) in [6.07, 6.45) is 8.45. The molecule has 1 unspecified atom stereocenters. The predicted octanol–water partition coefficient (Wildman–Crippen LogP) is 5.16. The number of thioether (sulfide) groups is 1. The van der Waals surface area contributed by atoms with Crippen molar-refractivity contribution >= 4 is 23.1 Å². The van der Waals surface area contributed by atoms with Crippen LogP contribution in [-0.2, 0) is 0 Å². The Morgan fingerprint density at radius 1 is 1.32 bits per heavy atom. The summed E-state index contributed by atoms with van der Waals surface area (Å²) in [7, 11) is 0. The van der Waals surface area contributed by atoms with E-state index in [0.717, 1.165) is 11.8 Å². The number of nitrogens with one attached hydrogen (secondary N) is 1. The van der Waals surface area contributed by atoms with E-state index in [9.17, 15) is 0 Å². The molecule has 1 heterocycles. The van der Waals surface area contributed by atoms with Gasteiger partial charge in [-0.05, 0) is 44.9 Å². The molecule has 1 nitrogen and oxygen atoms in total. The zero-order valence-electron chi connectivity index (χ0n) is 12.3. The van der Waals surface area contributed by atoms with Crippen molar-refractivity contribution in [2.24, 2.45) is 0 Å². The standard InChI is InChI=1S/C16H27NS2/c1-3-11-17-15(16-10-9-13(2)19-16)12-18-14-7-5-4-6-8-14/h9-10,14-15,17H,3-8,11-12H2,1-2H3. The van der Waals surface area contributed by atoms with Gasteiger partial charge in [-0.2, -0.15) is 11.8 Å². The van der Waals surface area contributed by atoms with Gasteiger partial charge in [-0.25, -0.2) is 0 Å². The van der Waals surface area contributed by atoms with Crippen LogP contribution in [0.1, 0.15) is 61.2 Å². The van der Waals surface area contributed by atoms with Crippen LogP contribution in [0, 0.1) is 6.92 Å². The van der Waals surface area contributed by atoms with Crippen LogP contribution in [-0.4, -0.2) is 17.5 Å². The summed E-state index contributed by atoms with van der Waals surface area (Å²) < 4.78 is 0. The Morgan fingerprint density at radius 3 is 2.74 bits per heavy atom. The van der Waals surface area contributed by atoms with Crippen LogP contribution in [0.3, 0.4) is 0 Å². The summed E-state index contributed by atoms with van der Waals surface area (Å²) in [5.74, 6) is 1.24. The minimum absolute atomic E-state index is 0.561.